The molecule has 4 nitrogen and oxygen atoms in total. The molecule has 0 N–H and O–H groups in total. The molecule has 0 aliphatic rings. The first-order valence-corrected chi connectivity index (χ1v) is 9.57. The van der Waals surface area contributed by atoms with Crippen molar-refractivity contribution in [1.82, 2.24) is 4.98 Å². The maximum atomic E-state index is 6.55. The van der Waals surface area contributed by atoms with Crippen LogP contribution in [0.2, 0.25) is 5.02 Å². The van der Waals surface area contributed by atoms with E-state index < -0.39 is 0 Å². The quantitative estimate of drug-likeness (QED) is 0.464. The zero-order valence-corrected chi connectivity index (χ0v) is 17.5. The summed E-state index contributed by atoms with van der Waals surface area (Å²) in [5.41, 5.74) is 3.18. The fourth-order valence-electron chi connectivity index (χ4n) is 2.76. The molecule has 0 fully saturated rings. The number of hydrogen-bond acceptors (Lipinski definition) is 4. The Bertz CT molecular complexity index is 836. The van der Waals surface area contributed by atoms with Gasteiger partial charge in [0.05, 0.1) is 35.6 Å². The van der Waals surface area contributed by atoms with E-state index >= 15 is 0 Å². The van der Waals surface area contributed by atoms with Gasteiger partial charge >= 0.3 is 0 Å². The van der Waals surface area contributed by atoms with Gasteiger partial charge in [-0.3, -0.25) is 4.98 Å². The average Bonchev–Trinajstić information content (AvgIpc) is 2.71. The van der Waals surface area contributed by atoms with E-state index in [1.165, 1.54) is 0 Å². The monoisotopic (exact) mass is 446 g/mol. The van der Waals surface area contributed by atoms with E-state index in [9.17, 15) is 0 Å². The van der Waals surface area contributed by atoms with Crippen LogP contribution < -0.4 is 14.4 Å². The number of aromatic nitrogens is 1. The predicted molar refractivity (Wildman–Crippen MR) is 113 cm³/mol. The standard InChI is InChI=1S/C21H20BrClN2O2/c1-26-17-7-3-15(4-8-17)13-25(20-12-24-11-19(22)21(20)23)14-16-5-9-18(27-2)10-6-16/h3-12H,13-14H2,1-2H3. The predicted octanol–water partition coefficient (Wildman–Crippen LogP) is 5.72. The van der Waals surface area contributed by atoms with E-state index in [0.717, 1.165) is 32.8 Å². The minimum absolute atomic E-state index is 0.645. The van der Waals surface area contributed by atoms with Gasteiger partial charge in [0.25, 0.3) is 0 Å². The number of anilines is 1. The number of benzene rings is 2. The van der Waals surface area contributed by atoms with Gasteiger partial charge in [0, 0.05) is 19.3 Å². The van der Waals surface area contributed by atoms with Crippen LogP contribution in [0.3, 0.4) is 0 Å². The molecule has 0 bridgehead atoms. The van der Waals surface area contributed by atoms with Crippen molar-refractivity contribution in [3.05, 3.63) is 81.5 Å². The Morgan fingerprint density at radius 1 is 0.852 bits per heavy atom. The van der Waals surface area contributed by atoms with Gasteiger partial charge < -0.3 is 14.4 Å². The van der Waals surface area contributed by atoms with Crippen LogP contribution in [-0.2, 0) is 13.1 Å². The maximum absolute atomic E-state index is 6.55. The fourth-order valence-corrected chi connectivity index (χ4v) is 3.30. The van der Waals surface area contributed by atoms with Gasteiger partial charge in [-0.2, -0.15) is 0 Å². The first-order chi connectivity index (χ1) is 13.1. The average molecular weight is 448 g/mol. The van der Waals surface area contributed by atoms with Crippen molar-refractivity contribution in [3.63, 3.8) is 0 Å². The van der Waals surface area contributed by atoms with Crippen molar-refractivity contribution in [2.45, 2.75) is 13.1 Å². The molecule has 0 amide bonds. The number of methoxy groups -OCH3 is 2. The molecule has 27 heavy (non-hydrogen) atoms. The highest BCUT2D eigenvalue weighted by atomic mass is 79.9. The Morgan fingerprint density at radius 3 is 1.78 bits per heavy atom. The summed E-state index contributed by atoms with van der Waals surface area (Å²) < 4.78 is 11.3. The van der Waals surface area contributed by atoms with Gasteiger partial charge in [0.1, 0.15) is 11.5 Å². The smallest absolute Gasteiger partial charge is 0.118 e. The summed E-state index contributed by atoms with van der Waals surface area (Å²) in [6.45, 7) is 1.38. The normalized spacial score (nSPS) is 10.5. The lowest BCUT2D eigenvalue weighted by Crippen LogP contribution is -2.22. The zero-order chi connectivity index (χ0) is 19.2. The van der Waals surface area contributed by atoms with Crippen LogP contribution in [-0.4, -0.2) is 19.2 Å². The molecular weight excluding hydrogens is 428 g/mol. The minimum atomic E-state index is 0.645. The molecule has 1 heterocycles. The largest absolute Gasteiger partial charge is 0.497 e. The number of ether oxygens (including phenoxy) is 2. The second kappa shape index (κ2) is 9.11. The van der Waals surface area contributed by atoms with Crippen LogP contribution in [0, 0.1) is 0 Å². The Kier molecular flexibility index (Phi) is 6.58. The Hall–Kier alpha value is -2.24. The van der Waals surface area contributed by atoms with Crippen LogP contribution >= 0.6 is 27.5 Å². The molecule has 6 heteroatoms. The highest BCUT2D eigenvalue weighted by molar-refractivity contribution is 9.10. The molecule has 1 aromatic heterocycles. The van der Waals surface area contributed by atoms with Gasteiger partial charge in [-0.05, 0) is 51.3 Å². The van der Waals surface area contributed by atoms with Crippen molar-refractivity contribution in [3.8, 4) is 11.5 Å². The van der Waals surface area contributed by atoms with E-state index in [4.69, 9.17) is 21.1 Å². The molecule has 3 rings (SSSR count). The van der Waals surface area contributed by atoms with Crippen molar-refractivity contribution in [2.24, 2.45) is 0 Å². The van der Waals surface area contributed by atoms with Crippen LogP contribution in [0.15, 0.2) is 65.4 Å². The molecule has 0 saturated heterocycles. The molecule has 0 radical (unpaired) electrons. The molecule has 0 saturated carbocycles. The Balaban J connectivity index is 1.90. The number of hydrogen-bond donors (Lipinski definition) is 0. The third kappa shape index (κ3) is 4.93. The van der Waals surface area contributed by atoms with E-state index in [1.807, 2.05) is 24.3 Å². The second-order valence-electron chi connectivity index (χ2n) is 6.01. The van der Waals surface area contributed by atoms with Crippen molar-refractivity contribution >= 4 is 33.2 Å². The topological polar surface area (TPSA) is 34.6 Å². The summed E-state index contributed by atoms with van der Waals surface area (Å²) in [6, 6.07) is 16.1. The summed E-state index contributed by atoms with van der Waals surface area (Å²) in [5, 5.41) is 0.645. The summed E-state index contributed by atoms with van der Waals surface area (Å²) in [6.07, 6.45) is 3.49. The number of nitrogens with zero attached hydrogens (tertiary/aromatic N) is 2. The number of halogens is 2. The van der Waals surface area contributed by atoms with Crippen molar-refractivity contribution in [2.75, 3.05) is 19.1 Å². The molecule has 0 unspecified atom stereocenters. The first kappa shape index (κ1) is 19.5. The van der Waals surface area contributed by atoms with E-state index in [0.29, 0.717) is 18.1 Å². The van der Waals surface area contributed by atoms with E-state index in [2.05, 4.69) is 50.1 Å². The minimum Gasteiger partial charge on any atom is -0.497 e. The fraction of sp³-hybridized carbons (Fsp3) is 0.190. The van der Waals surface area contributed by atoms with Gasteiger partial charge in [0.15, 0.2) is 0 Å². The van der Waals surface area contributed by atoms with Gasteiger partial charge in [-0.15, -0.1) is 0 Å². The molecule has 3 aromatic rings. The third-order valence-corrected chi connectivity index (χ3v) is 5.45. The lowest BCUT2D eigenvalue weighted by atomic mass is 10.1. The van der Waals surface area contributed by atoms with E-state index in [1.54, 1.807) is 26.6 Å². The Labute approximate surface area is 172 Å². The van der Waals surface area contributed by atoms with Crippen molar-refractivity contribution in [1.29, 1.82) is 0 Å². The lowest BCUT2D eigenvalue weighted by molar-refractivity contribution is 0.414. The summed E-state index contributed by atoms with van der Waals surface area (Å²) in [5.74, 6) is 1.67. The third-order valence-electron chi connectivity index (χ3n) is 4.22. The lowest BCUT2D eigenvalue weighted by Gasteiger charge is -2.26. The Morgan fingerprint density at radius 2 is 1.33 bits per heavy atom. The van der Waals surface area contributed by atoms with Crippen LogP contribution in [0.1, 0.15) is 11.1 Å². The summed E-state index contributed by atoms with van der Waals surface area (Å²) in [4.78, 5) is 6.49. The van der Waals surface area contributed by atoms with E-state index in [-0.39, 0.29) is 0 Å². The van der Waals surface area contributed by atoms with Crippen LogP contribution in [0.5, 0.6) is 11.5 Å². The first-order valence-electron chi connectivity index (χ1n) is 8.40. The zero-order valence-electron chi connectivity index (χ0n) is 15.2. The number of pyridine rings is 1. The molecule has 140 valence electrons. The number of rotatable bonds is 7. The molecule has 0 atom stereocenters. The highest BCUT2D eigenvalue weighted by Gasteiger charge is 2.15. The maximum Gasteiger partial charge on any atom is 0.118 e. The summed E-state index contributed by atoms with van der Waals surface area (Å²) >= 11 is 10.0. The van der Waals surface area contributed by atoms with Gasteiger partial charge in [-0.1, -0.05) is 35.9 Å². The van der Waals surface area contributed by atoms with Crippen LogP contribution in [0.25, 0.3) is 0 Å². The molecule has 0 aliphatic carbocycles. The molecule has 0 aliphatic heterocycles. The molecule has 2 aromatic carbocycles. The van der Waals surface area contributed by atoms with Crippen molar-refractivity contribution < 1.29 is 9.47 Å². The SMILES string of the molecule is COc1ccc(CN(Cc2ccc(OC)cc2)c2cncc(Br)c2Cl)cc1. The second-order valence-corrected chi connectivity index (χ2v) is 7.24. The molecule has 0 spiro atoms. The summed E-state index contributed by atoms with van der Waals surface area (Å²) in [7, 11) is 3.33. The van der Waals surface area contributed by atoms with Gasteiger partial charge in [-0.25, -0.2) is 0 Å². The van der Waals surface area contributed by atoms with Gasteiger partial charge in [0.2, 0.25) is 0 Å². The van der Waals surface area contributed by atoms with Crippen LogP contribution in [0.4, 0.5) is 5.69 Å². The highest BCUT2D eigenvalue weighted by Crippen LogP contribution is 2.33. The molecular formula is C21H20BrClN2O2.